The molecule has 0 fully saturated rings. The number of thiazole rings is 1. The maximum Gasteiger partial charge on any atom is 0.338 e. The molecule has 1 aliphatic heterocycles. The molecule has 7 heteroatoms. The Hall–Kier alpha value is -3.32. The number of pyridine rings is 1. The van der Waals surface area contributed by atoms with Gasteiger partial charge in [0.2, 0.25) is 0 Å². The maximum absolute atomic E-state index is 13.4. The second-order valence-electron chi connectivity index (χ2n) is 6.92. The second-order valence-corrected chi connectivity index (χ2v) is 7.93. The zero-order chi connectivity index (χ0) is 21.3. The number of rotatable bonds is 4. The van der Waals surface area contributed by atoms with Crippen molar-refractivity contribution in [2.75, 3.05) is 6.61 Å². The molecular weight excluding hydrogens is 398 g/mol. The predicted molar refractivity (Wildman–Crippen MR) is 116 cm³/mol. The van der Waals surface area contributed by atoms with Gasteiger partial charge in [-0.3, -0.25) is 14.3 Å². The molecule has 0 aliphatic carbocycles. The number of hydrogen-bond donors (Lipinski definition) is 0. The van der Waals surface area contributed by atoms with Crippen molar-refractivity contribution >= 4 is 23.4 Å². The van der Waals surface area contributed by atoms with Gasteiger partial charge in [0, 0.05) is 5.69 Å². The molecule has 3 aromatic rings. The summed E-state index contributed by atoms with van der Waals surface area (Å²) in [5.41, 5.74) is 3.15. The number of aromatic nitrogens is 2. The summed E-state index contributed by atoms with van der Waals surface area (Å²) in [6.45, 7) is 5.70. The summed E-state index contributed by atoms with van der Waals surface area (Å²) in [5.74, 6) is -0.456. The highest BCUT2D eigenvalue weighted by atomic mass is 32.1. The first kappa shape index (κ1) is 20.0. The minimum Gasteiger partial charge on any atom is -0.463 e. The summed E-state index contributed by atoms with van der Waals surface area (Å²) in [5, 5.41) is 0. The quantitative estimate of drug-likeness (QED) is 0.609. The van der Waals surface area contributed by atoms with Crippen molar-refractivity contribution in [3.63, 3.8) is 0 Å². The van der Waals surface area contributed by atoms with Crippen LogP contribution in [0.1, 0.15) is 36.8 Å². The molecule has 30 heavy (non-hydrogen) atoms. The lowest BCUT2D eigenvalue weighted by molar-refractivity contribution is -0.139. The number of allylic oxidation sites excluding steroid dienone is 1. The highest BCUT2D eigenvalue weighted by Gasteiger charge is 2.33. The normalized spacial score (nSPS) is 16.2. The molecule has 2 aromatic heterocycles. The molecule has 0 amide bonds. The largest absolute Gasteiger partial charge is 0.463 e. The lowest BCUT2D eigenvalue weighted by atomic mass is 9.96. The van der Waals surface area contributed by atoms with Crippen LogP contribution in [0.2, 0.25) is 0 Å². The van der Waals surface area contributed by atoms with Crippen molar-refractivity contribution in [1.82, 2.24) is 9.55 Å². The molecule has 0 unspecified atom stereocenters. The van der Waals surface area contributed by atoms with Crippen LogP contribution in [0.25, 0.3) is 6.08 Å². The van der Waals surface area contributed by atoms with Gasteiger partial charge in [-0.15, -0.1) is 0 Å². The SMILES string of the molecule is CCOC(=O)C1=C(C)N=c2s/c(=C/c3cccc(C)n3)c(=O)n2[C@@H]1c1ccccc1. The minimum atomic E-state index is -0.589. The van der Waals surface area contributed by atoms with Gasteiger partial charge in [-0.1, -0.05) is 47.7 Å². The molecular formula is C23H21N3O3S. The average Bonchev–Trinajstić information content (AvgIpc) is 3.02. The summed E-state index contributed by atoms with van der Waals surface area (Å²) >= 11 is 1.29. The number of fused-ring (bicyclic) bond motifs is 1. The van der Waals surface area contributed by atoms with Crippen molar-refractivity contribution in [2.24, 2.45) is 4.99 Å². The van der Waals surface area contributed by atoms with Gasteiger partial charge in [0.15, 0.2) is 4.80 Å². The molecule has 1 atom stereocenters. The lowest BCUT2D eigenvalue weighted by Gasteiger charge is -2.24. The van der Waals surface area contributed by atoms with Crippen LogP contribution in [0.15, 0.2) is 69.6 Å². The number of hydrogen-bond acceptors (Lipinski definition) is 6. The van der Waals surface area contributed by atoms with E-state index in [-0.39, 0.29) is 12.2 Å². The Kier molecular flexibility index (Phi) is 5.46. The highest BCUT2D eigenvalue weighted by molar-refractivity contribution is 7.07. The topological polar surface area (TPSA) is 73.6 Å². The monoisotopic (exact) mass is 419 g/mol. The summed E-state index contributed by atoms with van der Waals surface area (Å²) in [6, 6.07) is 14.6. The Labute approximate surface area is 177 Å². The molecule has 3 heterocycles. The van der Waals surface area contributed by atoms with Crippen molar-refractivity contribution in [3.8, 4) is 0 Å². The third kappa shape index (κ3) is 3.64. The molecule has 0 saturated heterocycles. The smallest absolute Gasteiger partial charge is 0.338 e. The molecule has 0 N–H and O–H groups in total. The third-order valence-corrected chi connectivity index (χ3v) is 5.80. The minimum absolute atomic E-state index is 0.204. The van der Waals surface area contributed by atoms with E-state index in [0.29, 0.717) is 26.3 Å². The molecule has 0 spiro atoms. The fourth-order valence-electron chi connectivity index (χ4n) is 3.52. The first-order chi connectivity index (χ1) is 14.5. The van der Waals surface area contributed by atoms with E-state index < -0.39 is 12.0 Å². The second kappa shape index (κ2) is 8.20. The van der Waals surface area contributed by atoms with E-state index in [2.05, 4.69) is 9.98 Å². The summed E-state index contributed by atoms with van der Waals surface area (Å²) < 4.78 is 7.39. The Morgan fingerprint density at radius 1 is 1.17 bits per heavy atom. The number of ether oxygens (including phenoxy) is 1. The predicted octanol–water partition coefficient (Wildman–Crippen LogP) is 2.50. The van der Waals surface area contributed by atoms with Crippen LogP contribution in [0.4, 0.5) is 0 Å². The average molecular weight is 420 g/mol. The van der Waals surface area contributed by atoms with E-state index in [4.69, 9.17) is 4.74 Å². The van der Waals surface area contributed by atoms with Crippen LogP contribution < -0.4 is 14.9 Å². The zero-order valence-electron chi connectivity index (χ0n) is 17.0. The van der Waals surface area contributed by atoms with Crippen LogP contribution in [-0.2, 0) is 9.53 Å². The van der Waals surface area contributed by atoms with Crippen LogP contribution in [0, 0.1) is 6.92 Å². The molecule has 6 nitrogen and oxygen atoms in total. The first-order valence-electron chi connectivity index (χ1n) is 9.68. The number of carbonyl (C=O) groups excluding carboxylic acids is 1. The van der Waals surface area contributed by atoms with Gasteiger partial charge in [-0.2, -0.15) is 0 Å². The van der Waals surface area contributed by atoms with Gasteiger partial charge >= 0.3 is 5.97 Å². The zero-order valence-corrected chi connectivity index (χ0v) is 17.8. The summed E-state index contributed by atoms with van der Waals surface area (Å²) in [6.07, 6.45) is 1.77. The van der Waals surface area contributed by atoms with Crippen LogP contribution >= 0.6 is 11.3 Å². The molecule has 4 rings (SSSR count). The third-order valence-electron chi connectivity index (χ3n) is 4.82. The van der Waals surface area contributed by atoms with Crippen molar-refractivity contribution in [3.05, 3.63) is 96.4 Å². The summed E-state index contributed by atoms with van der Waals surface area (Å²) in [4.78, 5) is 35.8. The lowest BCUT2D eigenvalue weighted by Crippen LogP contribution is -2.39. The van der Waals surface area contributed by atoms with Crippen molar-refractivity contribution in [2.45, 2.75) is 26.8 Å². The number of aryl methyl sites for hydroxylation is 1. The van der Waals surface area contributed by atoms with Crippen LogP contribution in [-0.4, -0.2) is 22.1 Å². The first-order valence-corrected chi connectivity index (χ1v) is 10.5. The fourth-order valence-corrected chi connectivity index (χ4v) is 4.55. The van der Waals surface area contributed by atoms with Gasteiger partial charge in [0.25, 0.3) is 5.56 Å². The Morgan fingerprint density at radius 2 is 1.93 bits per heavy atom. The maximum atomic E-state index is 13.4. The van der Waals surface area contributed by atoms with E-state index in [1.54, 1.807) is 24.5 Å². The molecule has 1 aliphatic rings. The molecule has 0 radical (unpaired) electrons. The summed E-state index contributed by atoms with van der Waals surface area (Å²) in [7, 11) is 0. The van der Waals surface area contributed by atoms with Crippen LogP contribution in [0.5, 0.6) is 0 Å². The Morgan fingerprint density at radius 3 is 2.63 bits per heavy atom. The number of esters is 1. The van der Waals surface area contributed by atoms with Crippen molar-refractivity contribution in [1.29, 1.82) is 0 Å². The van der Waals surface area contributed by atoms with Crippen LogP contribution in [0.3, 0.4) is 0 Å². The van der Waals surface area contributed by atoms with Gasteiger partial charge in [-0.25, -0.2) is 9.79 Å². The van der Waals surface area contributed by atoms with E-state index in [1.165, 1.54) is 11.3 Å². The Bertz CT molecular complexity index is 1320. The van der Waals surface area contributed by atoms with Gasteiger partial charge < -0.3 is 4.74 Å². The van der Waals surface area contributed by atoms with Gasteiger partial charge in [0.1, 0.15) is 0 Å². The standard InChI is InChI=1S/C23H21N3O3S/c1-4-29-22(28)19-15(3)25-23-26(20(19)16-10-6-5-7-11-16)21(27)18(30-23)13-17-12-8-9-14(2)24-17/h5-13,20H,4H2,1-3H3/b18-13+/t20-/m1/s1. The number of benzene rings is 1. The number of nitrogens with zero attached hydrogens (tertiary/aromatic N) is 3. The molecule has 1 aromatic carbocycles. The molecule has 152 valence electrons. The highest BCUT2D eigenvalue weighted by Crippen LogP contribution is 2.30. The van der Waals surface area contributed by atoms with Gasteiger partial charge in [-0.05, 0) is 44.5 Å². The molecule has 0 bridgehead atoms. The van der Waals surface area contributed by atoms with E-state index >= 15 is 0 Å². The molecule has 0 saturated carbocycles. The van der Waals surface area contributed by atoms with E-state index in [9.17, 15) is 9.59 Å². The van der Waals surface area contributed by atoms with Gasteiger partial charge in [0.05, 0.1) is 34.1 Å². The van der Waals surface area contributed by atoms with Crippen molar-refractivity contribution < 1.29 is 9.53 Å². The Balaban J connectivity index is 1.96. The number of carbonyl (C=O) groups is 1. The van der Waals surface area contributed by atoms with E-state index in [1.807, 2.05) is 55.5 Å². The van der Waals surface area contributed by atoms with E-state index in [0.717, 1.165) is 11.3 Å². The fraction of sp³-hybridized carbons (Fsp3) is 0.217.